The van der Waals surface area contributed by atoms with E-state index in [2.05, 4.69) is 26.1 Å². The Kier molecular flexibility index (Phi) is 7.28. The summed E-state index contributed by atoms with van der Waals surface area (Å²) in [7, 11) is 0. The Hall–Kier alpha value is -3.17. The van der Waals surface area contributed by atoms with Crippen LogP contribution in [0.5, 0.6) is 0 Å². The number of rotatable bonds is 5. The molecule has 4 rings (SSSR count). The summed E-state index contributed by atoms with van der Waals surface area (Å²) < 4.78 is 15.3. The lowest BCUT2D eigenvalue weighted by molar-refractivity contribution is 0.102. The van der Waals surface area contributed by atoms with Gasteiger partial charge in [-0.1, -0.05) is 79.6 Å². The Bertz CT molecular complexity index is 1370. The van der Waals surface area contributed by atoms with Crippen molar-refractivity contribution < 1.29 is 9.18 Å². The summed E-state index contributed by atoms with van der Waals surface area (Å²) in [5.41, 5.74) is 4.61. The van der Waals surface area contributed by atoms with Crippen molar-refractivity contribution in [3.8, 4) is 0 Å². The summed E-state index contributed by atoms with van der Waals surface area (Å²) in [6, 6.07) is 18.3. The molecule has 0 aliphatic heterocycles. The number of benzene rings is 3. The van der Waals surface area contributed by atoms with Crippen LogP contribution < -0.4 is 5.32 Å². The first kappa shape index (κ1) is 24.9. The fourth-order valence-electron chi connectivity index (χ4n) is 4.87. The smallest absolute Gasteiger partial charge is 0.255 e. The van der Waals surface area contributed by atoms with E-state index in [1.165, 1.54) is 23.6 Å². The van der Waals surface area contributed by atoms with E-state index in [0.29, 0.717) is 11.1 Å². The molecule has 0 unspecified atom stereocenters. The summed E-state index contributed by atoms with van der Waals surface area (Å²) in [5.74, 6) is -0.683. The molecule has 0 fully saturated rings. The van der Waals surface area contributed by atoms with Crippen LogP contribution in [0.25, 0.3) is 16.6 Å². The number of fused-ring (bicyclic) bond motifs is 1. The lowest BCUT2D eigenvalue weighted by Gasteiger charge is -2.33. The van der Waals surface area contributed by atoms with E-state index in [9.17, 15) is 4.79 Å². The predicted molar refractivity (Wildman–Crippen MR) is 147 cm³/mol. The van der Waals surface area contributed by atoms with E-state index in [-0.39, 0.29) is 27.7 Å². The summed E-state index contributed by atoms with van der Waals surface area (Å²) in [5, 5.41) is 5.14. The number of amides is 1. The van der Waals surface area contributed by atoms with Crippen molar-refractivity contribution in [1.29, 1.82) is 0 Å². The number of hydrogen-bond acceptors (Lipinski definition) is 1. The van der Waals surface area contributed by atoms with Crippen molar-refractivity contribution in [2.75, 3.05) is 5.32 Å². The number of allylic oxidation sites excluding steroid dienone is 5. The SMILES string of the molecule is CC1=C(/C=C/C(C)=C(\F)c2ccc(C(=O)Nc3cccc4ccccc34)cc2Cl)C(C)(C)CCC1. The van der Waals surface area contributed by atoms with Crippen LogP contribution in [0.1, 0.15) is 62.9 Å². The first-order valence-electron chi connectivity index (χ1n) is 12.0. The van der Waals surface area contributed by atoms with Gasteiger partial charge in [0.15, 0.2) is 0 Å². The van der Waals surface area contributed by atoms with Gasteiger partial charge < -0.3 is 5.32 Å². The minimum atomic E-state index is -0.390. The molecule has 1 amide bonds. The fourth-order valence-corrected chi connectivity index (χ4v) is 5.13. The van der Waals surface area contributed by atoms with E-state index in [4.69, 9.17) is 11.6 Å². The molecule has 2 nitrogen and oxygen atoms in total. The Balaban J connectivity index is 1.56. The lowest BCUT2D eigenvalue weighted by atomic mass is 9.72. The molecule has 180 valence electrons. The Morgan fingerprint density at radius 1 is 1.09 bits per heavy atom. The Labute approximate surface area is 212 Å². The van der Waals surface area contributed by atoms with Crippen LogP contribution in [0.15, 0.2) is 89.5 Å². The van der Waals surface area contributed by atoms with Gasteiger partial charge in [0.1, 0.15) is 5.83 Å². The maximum absolute atomic E-state index is 15.3. The highest BCUT2D eigenvalue weighted by Crippen LogP contribution is 2.41. The topological polar surface area (TPSA) is 29.1 Å². The second-order valence-electron chi connectivity index (χ2n) is 9.94. The average molecular weight is 488 g/mol. The standard InChI is InChI=1S/C31H31ClFNO/c1-20-9-8-18-31(3,4)26(20)17-14-21(2)29(33)25-16-15-23(19-27(25)32)30(35)34-28-13-7-11-22-10-5-6-12-24(22)28/h5-7,10-17,19H,8-9,18H2,1-4H3,(H,34,35)/b17-14+,29-21-. The van der Waals surface area contributed by atoms with Gasteiger partial charge in [0.25, 0.3) is 5.91 Å². The highest BCUT2D eigenvalue weighted by atomic mass is 35.5. The normalized spacial score (nSPS) is 16.5. The molecule has 0 saturated heterocycles. The molecule has 0 atom stereocenters. The van der Waals surface area contributed by atoms with Crippen LogP contribution in [0.2, 0.25) is 5.02 Å². The Morgan fingerprint density at radius 3 is 2.57 bits per heavy atom. The molecule has 0 radical (unpaired) electrons. The second kappa shape index (κ2) is 10.2. The third-order valence-electron chi connectivity index (χ3n) is 6.89. The lowest BCUT2D eigenvalue weighted by Crippen LogP contribution is -2.19. The minimum absolute atomic E-state index is 0.0896. The van der Waals surface area contributed by atoms with Crippen LogP contribution in [0.3, 0.4) is 0 Å². The molecule has 0 spiro atoms. The molecule has 0 aromatic heterocycles. The van der Waals surface area contributed by atoms with Gasteiger partial charge in [-0.05, 0) is 79.3 Å². The van der Waals surface area contributed by atoms with Crippen molar-refractivity contribution in [3.05, 3.63) is 106 Å². The summed E-state index contributed by atoms with van der Waals surface area (Å²) >= 11 is 6.44. The summed E-state index contributed by atoms with van der Waals surface area (Å²) in [4.78, 5) is 12.9. The maximum Gasteiger partial charge on any atom is 0.255 e. The van der Waals surface area contributed by atoms with Gasteiger partial charge in [-0.25, -0.2) is 4.39 Å². The zero-order valence-corrected chi connectivity index (χ0v) is 21.5. The molecule has 0 saturated carbocycles. The van der Waals surface area contributed by atoms with Crippen molar-refractivity contribution in [1.82, 2.24) is 0 Å². The quantitative estimate of drug-likeness (QED) is 0.356. The Morgan fingerprint density at radius 2 is 1.83 bits per heavy atom. The predicted octanol–water partition coefficient (Wildman–Crippen LogP) is 9.53. The number of carbonyl (C=O) groups is 1. The van der Waals surface area contributed by atoms with Crippen LogP contribution in [0, 0.1) is 5.41 Å². The third kappa shape index (κ3) is 5.41. The first-order valence-corrected chi connectivity index (χ1v) is 12.4. The van der Waals surface area contributed by atoms with Gasteiger partial charge >= 0.3 is 0 Å². The van der Waals surface area contributed by atoms with E-state index >= 15 is 4.39 Å². The highest BCUT2D eigenvalue weighted by molar-refractivity contribution is 6.32. The molecule has 1 N–H and O–H groups in total. The number of halogens is 2. The van der Waals surface area contributed by atoms with Crippen LogP contribution in [0.4, 0.5) is 10.1 Å². The first-order chi connectivity index (χ1) is 16.7. The van der Waals surface area contributed by atoms with Crippen molar-refractivity contribution in [2.24, 2.45) is 5.41 Å². The number of nitrogens with one attached hydrogen (secondary N) is 1. The average Bonchev–Trinajstić information content (AvgIpc) is 2.83. The fraction of sp³-hybridized carbons (Fsp3) is 0.258. The second-order valence-corrected chi connectivity index (χ2v) is 10.3. The van der Waals surface area contributed by atoms with Gasteiger partial charge in [0.05, 0.1) is 5.02 Å². The molecule has 0 bridgehead atoms. The van der Waals surface area contributed by atoms with E-state index in [0.717, 1.165) is 29.3 Å². The van der Waals surface area contributed by atoms with Gasteiger partial charge in [-0.15, -0.1) is 0 Å². The molecule has 35 heavy (non-hydrogen) atoms. The zero-order chi connectivity index (χ0) is 25.2. The number of anilines is 1. The molecule has 3 aromatic rings. The number of carbonyl (C=O) groups excluding carboxylic acids is 1. The molecular formula is C31H31ClFNO. The molecule has 3 aromatic carbocycles. The minimum Gasteiger partial charge on any atom is -0.321 e. The van der Waals surface area contributed by atoms with Crippen molar-refractivity contribution in [2.45, 2.75) is 47.0 Å². The van der Waals surface area contributed by atoms with Crippen LogP contribution >= 0.6 is 11.6 Å². The summed E-state index contributed by atoms with van der Waals surface area (Å²) in [6.07, 6.45) is 7.28. The van der Waals surface area contributed by atoms with Crippen LogP contribution in [-0.4, -0.2) is 5.91 Å². The molecular weight excluding hydrogens is 457 g/mol. The third-order valence-corrected chi connectivity index (χ3v) is 7.21. The molecule has 1 aliphatic rings. The van der Waals surface area contributed by atoms with E-state index < -0.39 is 0 Å². The largest absolute Gasteiger partial charge is 0.321 e. The maximum atomic E-state index is 15.3. The molecule has 4 heteroatoms. The number of hydrogen-bond donors (Lipinski definition) is 1. The molecule has 1 aliphatic carbocycles. The van der Waals surface area contributed by atoms with Gasteiger partial charge in [-0.2, -0.15) is 0 Å². The molecule has 0 heterocycles. The van der Waals surface area contributed by atoms with Crippen molar-refractivity contribution in [3.63, 3.8) is 0 Å². The zero-order valence-electron chi connectivity index (χ0n) is 20.7. The monoisotopic (exact) mass is 487 g/mol. The summed E-state index contributed by atoms with van der Waals surface area (Å²) in [6.45, 7) is 8.39. The van der Waals surface area contributed by atoms with Gasteiger partial charge in [0.2, 0.25) is 0 Å². The van der Waals surface area contributed by atoms with Gasteiger partial charge in [0, 0.05) is 22.2 Å². The van der Waals surface area contributed by atoms with E-state index in [1.807, 2.05) is 54.6 Å². The van der Waals surface area contributed by atoms with Crippen LogP contribution in [-0.2, 0) is 0 Å². The highest BCUT2D eigenvalue weighted by Gasteiger charge is 2.26. The van der Waals surface area contributed by atoms with Gasteiger partial charge in [-0.3, -0.25) is 4.79 Å². The van der Waals surface area contributed by atoms with Crippen molar-refractivity contribution >= 4 is 39.8 Å². The van der Waals surface area contributed by atoms with E-state index in [1.54, 1.807) is 19.1 Å².